The molecule has 2 amide bonds. The second kappa shape index (κ2) is 7.95. The maximum absolute atomic E-state index is 12.9. The van der Waals surface area contributed by atoms with Crippen LogP contribution < -0.4 is 16.0 Å². The number of hydrogen-bond acceptors (Lipinski definition) is 4. The topological polar surface area (TPSA) is 75.4 Å². The number of aryl methyl sites for hydroxylation is 1. The van der Waals surface area contributed by atoms with Crippen molar-refractivity contribution in [1.82, 2.24) is 0 Å². The van der Waals surface area contributed by atoms with Gasteiger partial charge in [0.1, 0.15) is 0 Å². The van der Waals surface area contributed by atoms with Crippen molar-refractivity contribution in [3.8, 4) is 0 Å². The Morgan fingerprint density at radius 1 is 1.18 bits per heavy atom. The van der Waals surface area contributed by atoms with Crippen LogP contribution in [-0.2, 0) is 17.6 Å². The molecule has 1 saturated heterocycles. The number of para-hydroxylation sites is 2. The van der Waals surface area contributed by atoms with E-state index in [1.165, 1.54) is 16.9 Å². The molecule has 2 aliphatic rings. The quantitative estimate of drug-likeness (QED) is 0.823. The maximum atomic E-state index is 12.9. The Hall–Kier alpha value is -2.34. The number of primary amides is 1. The molecule has 0 radical (unpaired) electrons. The SMILES string of the molecule is C[C@H]1CCc2sc(C(=O)Nc3ccccc3N3CCC(C(N)=O)CC3)cc2C1. The molecule has 1 aromatic heterocycles. The number of carbonyl (C=O) groups is 2. The third-order valence-electron chi connectivity index (χ3n) is 5.94. The Labute approximate surface area is 169 Å². The van der Waals surface area contributed by atoms with Crippen LogP contribution in [0.1, 0.15) is 46.3 Å². The first-order valence-corrected chi connectivity index (χ1v) is 10.9. The number of thiophene rings is 1. The Kier molecular flexibility index (Phi) is 5.40. The highest BCUT2D eigenvalue weighted by molar-refractivity contribution is 7.14. The van der Waals surface area contributed by atoms with Crippen molar-refractivity contribution >= 4 is 34.5 Å². The largest absolute Gasteiger partial charge is 0.370 e. The number of anilines is 2. The molecule has 1 aromatic carbocycles. The van der Waals surface area contributed by atoms with Gasteiger partial charge in [0.2, 0.25) is 5.91 Å². The number of nitrogens with one attached hydrogen (secondary N) is 1. The fourth-order valence-corrected chi connectivity index (χ4v) is 5.37. The minimum Gasteiger partial charge on any atom is -0.370 e. The van der Waals surface area contributed by atoms with Crippen LogP contribution in [0.5, 0.6) is 0 Å². The molecule has 2 heterocycles. The molecule has 5 nitrogen and oxygen atoms in total. The van der Waals surface area contributed by atoms with Crippen molar-refractivity contribution in [1.29, 1.82) is 0 Å². The number of fused-ring (bicyclic) bond motifs is 1. The summed E-state index contributed by atoms with van der Waals surface area (Å²) in [5.74, 6) is 0.406. The molecule has 0 bridgehead atoms. The van der Waals surface area contributed by atoms with Gasteiger partial charge in [-0.1, -0.05) is 19.1 Å². The zero-order valence-electron chi connectivity index (χ0n) is 16.2. The number of nitrogens with two attached hydrogens (primary N) is 1. The number of rotatable bonds is 4. The van der Waals surface area contributed by atoms with E-state index in [9.17, 15) is 9.59 Å². The van der Waals surface area contributed by atoms with Gasteiger partial charge in [0.25, 0.3) is 5.91 Å². The number of carbonyl (C=O) groups excluding carboxylic acids is 2. The van der Waals surface area contributed by atoms with Gasteiger partial charge in [-0.3, -0.25) is 9.59 Å². The lowest BCUT2D eigenvalue weighted by atomic mass is 9.90. The third kappa shape index (κ3) is 3.92. The third-order valence-corrected chi connectivity index (χ3v) is 7.18. The summed E-state index contributed by atoms with van der Waals surface area (Å²) in [6.07, 6.45) is 4.88. The molecular weight excluding hydrogens is 370 g/mol. The molecule has 1 atom stereocenters. The number of piperidine rings is 1. The molecule has 2 aromatic rings. The molecular formula is C22H27N3O2S. The highest BCUT2D eigenvalue weighted by atomic mass is 32.1. The summed E-state index contributed by atoms with van der Waals surface area (Å²) in [4.78, 5) is 28.7. The molecule has 0 spiro atoms. The second-order valence-corrected chi connectivity index (χ2v) is 9.18. The van der Waals surface area contributed by atoms with E-state index in [-0.39, 0.29) is 17.7 Å². The summed E-state index contributed by atoms with van der Waals surface area (Å²) < 4.78 is 0. The molecule has 1 aliphatic carbocycles. The van der Waals surface area contributed by atoms with Gasteiger partial charge in [-0.25, -0.2) is 0 Å². The van der Waals surface area contributed by atoms with Crippen LogP contribution in [0.25, 0.3) is 0 Å². The smallest absolute Gasteiger partial charge is 0.265 e. The summed E-state index contributed by atoms with van der Waals surface area (Å²) in [6, 6.07) is 9.98. The van der Waals surface area contributed by atoms with Gasteiger partial charge in [0.15, 0.2) is 0 Å². The van der Waals surface area contributed by atoms with Gasteiger partial charge in [-0.05, 0) is 61.8 Å². The normalized spacial score (nSPS) is 19.9. The highest BCUT2D eigenvalue weighted by Crippen LogP contribution is 2.34. The summed E-state index contributed by atoms with van der Waals surface area (Å²) in [7, 11) is 0. The van der Waals surface area contributed by atoms with Crippen LogP contribution in [0.4, 0.5) is 11.4 Å². The first kappa shape index (κ1) is 19.0. The van der Waals surface area contributed by atoms with Gasteiger partial charge in [-0.15, -0.1) is 11.3 Å². The van der Waals surface area contributed by atoms with E-state index in [4.69, 9.17) is 5.73 Å². The van der Waals surface area contributed by atoms with Gasteiger partial charge in [-0.2, -0.15) is 0 Å². The van der Waals surface area contributed by atoms with Crippen LogP contribution in [0, 0.1) is 11.8 Å². The summed E-state index contributed by atoms with van der Waals surface area (Å²) in [6.45, 7) is 3.81. The van der Waals surface area contributed by atoms with Crippen LogP contribution >= 0.6 is 11.3 Å². The van der Waals surface area contributed by atoms with E-state index in [0.717, 1.165) is 55.0 Å². The minimum absolute atomic E-state index is 0.0356. The maximum Gasteiger partial charge on any atom is 0.265 e. The fourth-order valence-electron chi connectivity index (χ4n) is 4.26. The van der Waals surface area contributed by atoms with Crippen molar-refractivity contribution in [2.24, 2.45) is 17.6 Å². The lowest BCUT2D eigenvalue weighted by Crippen LogP contribution is -2.38. The molecule has 0 unspecified atom stereocenters. The number of nitrogens with zero attached hydrogens (tertiary/aromatic N) is 1. The summed E-state index contributed by atoms with van der Waals surface area (Å²) in [5, 5.41) is 3.12. The lowest BCUT2D eigenvalue weighted by molar-refractivity contribution is -0.122. The standard InChI is InChI=1S/C22H27N3O2S/c1-14-6-7-19-16(12-14)13-20(28-19)22(27)24-17-4-2-3-5-18(17)25-10-8-15(9-11-25)21(23)26/h2-5,13-15H,6-12H2,1H3,(H2,23,26)(H,24,27)/t14-/m0/s1. The average molecular weight is 398 g/mol. The molecule has 1 fully saturated rings. The summed E-state index contributed by atoms with van der Waals surface area (Å²) in [5.41, 5.74) is 8.62. The van der Waals surface area contributed by atoms with E-state index in [2.05, 4.69) is 23.2 Å². The van der Waals surface area contributed by atoms with Gasteiger partial charge >= 0.3 is 0 Å². The van der Waals surface area contributed by atoms with Gasteiger partial charge in [0.05, 0.1) is 16.3 Å². The predicted octanol–water partition coefficient (Wildman–Crippen LogP) is 3.83. The predicted molar refractivity (Wildman–Crippen MR) is 114 cm³/mol. The number of benzene rings is 1. The van der Waals surface area contributed by atoms with Crippen LogP contribution in [0.2, 0.25) is 0 Å². The molecule has 3 N–H and O–H groups in total. The Morgan fingerprint density at radius 2 is 1.93 bits per heavy atom. The molecule has 1 aliphatic heterocycles. The first-order chi connectivity index (χ1) is 13.5. The van der Waals surface area contributed by atoms with E-state index in [0.29, 0.717) is 5.92 Å². The van der Waals surface area contributed by atoms with E-state index >= 15 is 0 Å². The zero-order valence-corrected chi connectivity index (χ0v) is 17.1. The van der Waals surface area contributed by atoms with Crippen molar-refractivity contribution in [3.05, 3.63) is 45.6 Å². The van der Waals surface area contributed by atoms with Crippen molar-refractivity contribution in [2.45, 2.75) is 39.0 Å². The van der Waals surface area contributed by atoms with Crippen LogP contribution in [-0.4, -0.2) is 24.9 Å². The molecule has 0 saturated carbocycles. The monoisotopic (exact) mass is 397 g/mol. The fraction of sp³-hybridized carbons (Fsp3) is 0.455. The first-order valence-electron chi connectivity index (χ1n) is 10.1. The Bertz CT molecular complexity index is 884. The highest BCUT2D eigenvalue weighted by Gasteiger charge is 2.25. The number of amides is 2. The van der Waals surface area contributed by atoms with Crippen LogP contribution in [0.3, 0.4) is 0 Å². The van der Waals surface area contributed by atoms with E-state index in [1.807, 2.05) is 24.3 Å². The Balaban J connectivity index is 1.48. The number of hydrogen-bond donors (Lipinski definition) is 2. The van der Waals surface area contributed by atoms with Gasteiger partial charge in [0, 0.05) is 23.9 Å². The lowest BCUT2D eigenvalue weighted by Gasteiger charge is -2.33. The minimum atomic E-state index is -0.211. The second-order valence-electron chi connectivity index (χ2n) is 8.04. The molecule has 148 valence electrons. The van der Waals surface area contributed by atoms with E-state index < -0.39 is 0 Å². The van der Waals surface area contributed by atoms with E-state index in [1.54, 1.807) is 11.3 Å². The van der Waals surface area contributed by atoms with Gasteiger partial charge < -0.3 is 16.0 Å². The van der Waals surface area contributed by atoms with Crippen LogP contribution in [0.15, 0.2) is 30.3 Å². The molecule has 28 heavy (non-hydrogen) atoms. The molecule has 4 rings (SSSR count). The van der Waals surface area contributed by atoms with Crippen molar-refractivity contribution in [3.63, 3.8) is 0 Å². The average Bonchev–Trinajstić information content (AvgIpc) is 3.12. The van der Waals surface area contributed by atoms with Crippen molar-refractivity contribution in [2.75, 3.05) is 23.3 Å². The zero-order chi connectivity index (χ0) is 19.7. The Morgan fingerprint density at radius 3 is 2.68 bits per heavy atom. The summed E-state index contributed by atoms with van der Waals surface area (Å²) >= 11 is 1.63. The molecule has 6 heteroatoms. The van der Waals surface area contributed by atoms with Crippen molar-refractivity contribution < 1.29 is 9.59 Å².